The second-order valence-corrected chi connectivity index (χ2v) is 6.01. The van der Waals surface area contributed by atoms with Gasteiger partial charge in [0.15, 0.2) is 9.84 Å². The Morgan fingerprint density at radius 2 is 2.20 bits per heavy atom. The number of rotatable bonds is 1. The number of pyridine rings is 1. The molecule has 1 aliphatic heterocycles. The van der Waals surface area contributed by atoms with Crippen LogP contribution < -0.4 is 4.90 Å². The smallest absolute Gasteiger partial charge is 0.183 e. The zero-order valence-electron chi connectivity index (χ0n) is 8.84. The van der Waals surface area contributed by atoms with Crippen molar-refractivity contribution in [1.82, 2.24) is 4.98 Å². The lowest BCUT2D eigenvalue weighted by molar-refractivity contribution is 0.581. The van der Waals surface area contributed by atoms with Crippen LogP contribution in [0.15, 0.2) is 23.2 Å². The van der Waals surface area contributed by atoms with Crippen molar-refractivity contribution < 1.29 is 8.42 Å². The highest BCUT2D eigenvalue weighted by atomic mass is 32.2. The van der Waals surface area contributed by atoms with Crippen molar-refractivity contribution in [3.05, 3.63) is 18.3 Å². The summed E-state index contributed by atoms with van der Waals surface area (Å²) < 4.78 is 23.5. The fraction of sp³-hybridized carbons (Fsp3) is 0.500. The molecule has 1 aromatic heterocycles. The number of fused-ring (bicyclic) bond motifs is 1. The summed E-state index contributed by atoms with van der Waals surface area (Å²) in [6.07, 6.45) is 1.63. The first-order chi connectivity index (χ1) is 7.02. The van der Waals surface area contributed by atoms with E-state index in [-0.39, 0.29) is 11.8 Å². The molecule has 5 heteroatoms. The summed E-state index contributed by atoms with van der Waals surface area (Å²) in [7, 11) is -3.11. The maximum absolute atomic E-state index is 11.8. The first-order valence-corrected chi connectivity index (χ1v) is 6.62. The third kappa shape index (κ3) is 1.71. The lowest BCUT2D eigenvalue weighted by Gasteiger charge is -2.32. The first-order valence-electron chi connectivity index (χ1n) is 4.97. The molecule has 1 aliphatic rings. The van der Waals surface area contributed by atoms with Crippen LogP contribution in [0.25, 0.3) is 0 Å². The molecule has 0 amide bonds. The van der Waals surface area contributed by atoms with Gasteiger partial charge in [-0.1, -0.05) is 0 Å². The molecule has 0 saturated carbocycles. The minimum Gasteiger partial charge on any atom is -0.352 e. The highest BCUT2D eigenvalue weighted by Crippen LogP contribution is 2.28. The minimum absolute atomic E-state index is 0.184. The van der Waals surface area contributed by atoms with Gasteiger partial charge in [-0.25, -0.2) is 13.4 Å². The molecule has 2 heterocycles. The fourth-order valence-corrected chi connectivity index (χ4v) is 3.17. The van der Waals surface area contributed by atoms with Gasteiger partial charge in [0.05, 0.1) is 5.75 Å². The van der Waals surface area contributed by atoms with Crippen LogP contribution in [0.3, 0.4) is 0 Å². The van der Waals surface area contributed by atoms with Crippen LogP contribution in [0.5, 0.6) is 0 Å². The SMILES string of the molecule is CC(C)N1CCS(=O)(=O)c2cccnc21. The fourth-order valence-electron chi connectivity index (χ4n) is 1.78. The van der Waals surface area contributed by atoms with E-state index in [0.29, 0.717) is 17.3 Å². The van der Waals surface area contributed by atoms with Gasteiger partial charge >= 0.3 is 0 Å². The zero-order chi connectivity index (χ0) is 11.1. The van der Waals surface area contributed by atoms with E-state index in [9.17, 15) is 8.42 Å². The Kier molecular flexibility index (Phi) is 2.42. The van der Waals surface area contributed by atoms with Crippen molar-refractivity contribution in [2.45, 2.75) is 24.8 Å². The maximum atomic E-state index is 11.8. The number of anilines is 1. The van der Waals surface area contributed by atoms with Gasteiger partial charge in [-0.3, -0.25) is 0 Å². The lowest BCUT2D eigenvalue weighted by atomic mass is 10.3. The molecule has 0 aliphatic carbocycles. The van der Waals surface area contributed by atoms with E-state index in [1.165, 1.54) is 0 Å². The van der Waals surface area contributed by atoms with Gasteiger partial charge in [0.25, 0.3) is 0 Å². The van der Waals surface area contributed by atoms with Gasteiger partial charge in [0.2, 0.25) is 0 Å². The number of hydrogen-bond donors (Lipinski definition) is 0. The summed E-state index contributed by atoms with van der Waals surface area (Å²) in [6, 6.07) is 3.57. The summed E-state index contributed by atoms with van der Waals surface area (Å²) in [6.45, 7) is 4.61. The second kappa shape index (κ2) is 3.48. The van der Waals surface area contributed by atoms with Crippen LogP contribution in [0, 0.1) is 0 Å². The molecule has 2 rings (SSSR count). The summed E-state index contributed by atoms with van der Waals surface area (Å²) in [5.74, 6) is 0.780. The number of nitrogens with zero attached hydrogens (tertiary/aromatic N) is 2. The molecular formula is C10H14N2O2S. The maximum Gasteiger partial charge on any atom is 0.183 e. The summed E-state index contributed by atoms with van der Waals surface area (Å²) in [4.78, 5) is 6.55. The van der Waals surface area contributed by atoms with E-state index in [2.05, 4.69) is 4.98 Å². The average Bonchev–Trinajstić information content (AvgIpc) is 2.17. The van der Waals surface area contributed by atoms with Crippen molar-refractivity contribution in [1.29, 1.82) is 0 Å². The molecule has 0 fully saturated rings. The van der Waals surface area contributed by atoms with Gasteiger partial charge < -0.3 is 4.90 Å². The van der Waals surface area contributed by atoms with E-state index >= 15 is 0 Å². The van der Waals surface area contributed by atoms with Gasteiger partial charge in [0.1, 0.15) is 10.7 Å². The topological polar surface area (TPSA) is 50.3 Å². The zero-order valence-corrected chi connectivity index (χ0v) is 9.66. The molecule has 0 spiro atoms. The monoisotopic (exact) mass is 226 g/mol. The molecule has 0 aromatic carbocycles. The predicted octanol–water partition coefficient (Wildman–Crippen LogP) is 1.08. The third-order valence-corrected chi connectivity index (χ3v) is 4.29. The number of aromatic nitrogens is 1. The molecule has 0 unspecified atom stereocenters. The Bertz CT molecular complexity index is 468. The van der Waals surface area contributed by atoms with E-state index < -0.39 is 9.84 Å². The molecule has 4 nitrogen and oxygen atoms in total. The van der Waals surface area contributed by atoms with Crippen molar-refractivity contribution >= 4 is 15.7 Å². The normalized spacial score (nSPS) is 19.0. The van der Waals surface area contributed by atoms with Gasteiger partial charge in [-0.05, 0) is 26.0 Å². The molecule has 0 atom stereocenters. The summed E-state index contributed by atoms with van der Waals surface area (Å²) in [5, 5.41) is 0. The molecule has 82 valence electrons. The molecule has 0 radical (unpaired) electrons. The van der Waals surface area contributed by atoms with E-state index in [1.807, 2.05) is 18.7 Å². The lowest BCUT2D eigenvalue weighted by Crippen LogP contribution is -2.40. The van der Waals surface area contributed by atoms with E-state index in [0.717, 1.165) is 0 Å². The van der Waals surface area contributed by atoms with Crippen LogP contribution in [0.4, 0.5) is 5.82 Å². The van der Waals surface area contributed by atoms with Crippen LogP contribution in [-0.4, -0.2) is 31.7 Å². The van der Waals surface area contributed by atoms with Crippen LogP contribution in [0.1, 0.15) is 13.8 Å². The van der Waals surface area contributed by atoms with Crippen LogP contribution in [-0.2, 0) is 9.84 Å². The second-order valence-electron chi connectivity index (χ2n) is 3.93. The molecule has 0 bridgehead atoms. The Labute approximate surface area is 89.9 Å². The molecule has 1 aromatic rings. The Morgan fingerprint density at radius 1 is 1.47 bits per heavy atom. The van der Waals surface area contributed by atoms with Gasteiger partial charge in [0, 0.05) is 18.8 Å². The number of sulfone groups is 1. The molecule has 15 heavy (non-hydrogen) atoms. The van der Waals surface area contributed by atoms with Crippen molar-refractivity contribution in [3.8, 4) is 0 Å². The van der Waals surface area contributed by atoms with E-state index in [1.54, 1.807) is 18.3 Å². The Morgan fingerprint density at radius 3 is 2.87 bits per heavy atom. The third-order valence-electron chi connectivity index (χ3n) is 2.58. The van der Waals surface area contributed by atoms with Crippen LogP contribution in [0.2, 0.25) is 0 Å². The minimum atomic E-state index is -3.11. The largest absolute Gasteiger partial charge is 0.352 e. The van der Waals surface area contributed by atoms with Crippen molar-refractivity contribution in [2.75, 3.05) is 17.2 Å². The molecule has 0 N–H and O–H groups in total. The van der Waals surface area contributed by atoms with Gasteiger partial charge in [-0.15, -0.1) is 0 Å². The quantitative estimate of drug-likeness (QED) is 0.719. The Balaban J connectivity index is 2.59. The highest BCUT2D eigenvalue weighted by molar-refractivity contribution is 7.91. The van der Waals surface area contributed by atoms with Crippen molar-refractivity contribution in [3.63, 3.8) is 0 Å². The van der Waals surface area contributed by atoms with Gasteiger partial charge in [-0.2, -0.15) is 0 Å². The van der Waals surface area contributed by atoms with E-state index in [4.69, 9.17) is 0 Å². The molecule has 0 saturated heterocycles. The first kappa shape index (κ1) is 10.4. The average molecular weight is 226 g/mol. The Hall–Kier alpha value is -1.10. The molecular weight excluding hydrogens is 212 g/mol. The predicted molar refractivity (Wildman–Crippen MR) is 58.8 cm³/mol. The summed E-state index contributed by atoms with van der Waals surface area (Å²) >= 11 is 0. The number of hydrogen-bond acceptors (Lipinski definition) is 4. The van der Waals surface area contributed by atoms with Crippen molar-refractivity contribution in [2.24, 2.45) is 0 Å². The van der Waals surface area contributed by atoms with Crippen LogP contribution >= 0.6 is 0 Å². The summed E-state index contributed by atoms with van der Waals surface area (Å²) in [5.41, 5.74) is 0. The standard InChI is InChI=1S/C10H14N2O2S/c1-8(2)12-6-7-15(13,14)9-4-3-5-11-10(9)12/h3-5,8H,6-7H2,1-2H3. The highest BCUT2D eigenvalue weighted by Gasteiger charge is 2.30.